The molecule has 4 heteroatoms. The summed E-state index contributed by atoms with van der Waals surface area (Å²) in [5.74, 6) is 1.41. The maximum atomic E-state index is 12.4. The van der Waals surface area contributed by atoms with Gasteiger partial charge < -0.3 is 10.4 Å². The smallest absolute Gasteiger partial charge is 0.234 e. The van der Waals surface area contributed by atoms with Gasteiger partial charge in [0.05, 0.1) is 13.2 Å². The van der Waals surface area contributed by atoms with Crippen LogP contribution in [0, 0.1) is 11.8 Å². The van der Waals surface area contributed by atoms with Crippen molar-refractivity contribution in [3.05, 3.63) is 0 Å². The second-order valence-electron chi connectivity index (χ2n) is 7.07. The number of hydrogen-bond donors (Lipinski definition) is 2. The SMILES string of the molecule is CC1CCCC(NC(=O)CN(CCO)C2CCCC2)C1C. The van der Waals surface area contributed by atoms with E-state index in [1.165, 1.54) is 38.5 Å². The molecule has 3 atom stereocenters. The van der Waals surface area contributed by atoms with Crippen LogP contribution in [0.1, 0.15) is 58.8 Å². The number of nitrogens with one attached hydrogen (secondary N) is 1. The molecule has 2 aliphatic carbocycles. The molecule has 2 fully saturated rings. The van der Waals surface area contributed by atoms with Crippen LogP contribution in [0.25, 0.3) is 0 Å². The van der Waals surface area contributed by atoms with Gasteiger partial charge >= 0.3 is 0 Å². The molecule has 0 aliphatic heterocycles. The number of carbonyl (C=O) groups excluding carboxylic acids is 1. The van der Waals surface area contributed by atoms with Crippen molar-refractivity contribution in [2.45, 2.75) is 70.9 Å². The Morgan fingerprint density at radius 1 is 1.14 bits per heavy atom. The predicted molar refractivity (Wildman–Crippen MR) is 85.0 cm³/mol. The van der Waals surface area contributed by atoms with Crippen LogP contribution in [0.15, 0.2) is 0 Å². The van der Waals surface area contributed by atoms with Crippen LogP contribution in [-0.4, -0.2) is 47.7 Å². The standard InChI is InChI=1S/C17H32N2O2/c1-13-6-5-9-16(14(13)2)18-17(21)12-19(10-11-20)15-7-3-4-8-15/h13-16,20H,3-12H2,1-2H3,(H,18,21). The molecule has 0 radical (unpaired) electrons. The molecule has 1 amide bonds. The highest BCUT2D eigenvalue weighted by molar-refractivity contribution is 5.78. The van der Waals surface area contributed by atoms with Crippen molar-refractivity contribution in [1.82, 2.24) is 10.2 Å². The Bertz CT molecular complexity index is 329. The van der Waals surface area contributed by atoms with Gasteiger partial charge in [0, 0.05) is 18.6 Å². The first-order valence-electron chi connectivity index (χ1n) is 8.76. The summed E-state index contributed by atoms with van der Waals surface area (Å²) < 4.78 is 0. The Morgan fingerprint density at radius 3 is 2.52 bits per heavy atom. The van der Waals surface area contributed by atoms with E-state index in [1.54, 1.807) is 0 Å². The van der Waals surface area contributed by atoms with E-state index in [0.717, 1.165) is 6.42 Å². The molecular weight excluding hydrogens is 264 g/mol. The summed E-state index contributed by atoms with van der Waals surface area (Å²) in [5.41, 5.74) is 0. The van der Waals surface area contributed by atoms with Crippen LogP contribution in [0.2, 0.25) is 0 Å². The molecule has 0 bridgehead atoms. The fourth-order valence-corrected chi connectivity index (χ4v) is 4.01. The molecule has 21 heavy (non-hydrogen) atoms. The van der Waals surface area contributed by atoms with Gasteiger partial charge in [-0.2, -0.15) is 0 Å². The van der Waals surface area contributed by atoms with Crippen molar-refractivity contribution >= 4 is 5.91 Å². The molecule has 3 unspecified atom stereocenters. The first kappa shape index (κ1) is 16.8. The largest absolute Gasteiger partial charge is 0.395 e. The molecule has 2 saturated carbocycles. The minimum absolute atomic E-state index is 0.140. The van der Waals surface area contributed by atoms with Gasteiger partial charge in [0.15, 0.2) is 0 Å². The normalized spacial score (nSPS) is 30.8. The summed E-state index contributed by atoms with van der Waals surface area (Å²) >= 11 is 0. The maximum Gasteiger partial charge on any atom is 0.234 e. The van der Waals surface area contributed by atoms with Gasteiger partial charge in [-0.3, -0.25) is 9.69 Å². The topological polar surface area (TPSA) is 52.6 Å². The Kier molecular flexibility index (Phi) is 6.49. The lowest BCUT2D eigenvalue weighted by Crippen LogP contribution is -2.49. The summed E-state index contributed by atoms with van der Waals surface area (Å²) in [6, 6.07) is 0.825. The zero-order valence-electron chi connectivity index (χ0n) is 13.7. The van der Waals surface area contributed by atoms with E-state index >= 15 is 0 Å². The third-order valence-electron chi connectivity index (χ3n) is 5.63. The van der Waals surface area contributed by atoms with Crippen molar-refractivity contribution in [3.63, 3.8) is 0 Å². The number of amides is 1. The molecule has 2 N–H and O–H groups in total. The Hall–Kier alpha value is -0.610. The Balaban J connectivity index is 1.83. The average Bonchev–Trinajstić information content (AvgIpc) is 2.97. The van der Waals surface area contributed by atoms with E-state index in [4.69, 9.17) is 0 Å². The van der Waals surface area contributed by atoms with Gasteiger partial charge in [0.2, 0.25) is 5.91 Å². The van der Waals surface area contributed by atoms with E-state index in [2.05, 4.69) is 24.1 Å². The average molecular weight is 296 g/mol. The van der Waals surface area contributed by atoms with Gasteiger partial charge in [-0.1, -0.05) is 39.5 Å². The molecule has 2 aliphatic rings. The number of aliphatic hydroxyl groups excluding tert-OH is 1. The second kappa shape index (κ2) is 8.14. The number of carbonyl (C=O) groups is 1. The molecule has 0 aromatic heterocycles. The van der Waals surface area contributed by atoms with E-state index in [0.29, 0.717) is 37.0 Å². The van der Waals surface area contributed by atoms with Crippen molar-refractivity contribution in [1.29, 1.82) is 0 Å². The summed E-state index contributed by atoms with van der Waals surface area (Å²) in [7, 11) is 0. The fraction of sp³-hybridized carbons (Fsp3) is 0.941. The van der Waals surface area contributed by atoms with E-state index in [-0.39, 0.29) is 12.5 Å². The number of hydrogen-bond acceptors (Lipinski definition) is 3. The monoisotopic (exact) mass is 296 g/mol. The molecule has 4 nitrogen and oxygen atoms in total. The predicted octanol–water partition coefficient (Wildman–Crippen LogP) is 2.16. The van der Waals surface area contributed by atoms with Gasteiger partial charge in [0.25, 0.3) is 0 Å². The summed E-state index contributed by atoms with van der Waals surface area (Å²) in [4.78, 5) is 14.6. The summed E-state index contributed by atoms with van der Waals surface area (Å²) in [6.07, 6.45) is 8.47. The number of rotatable bonds is 6. The lowest BCUT2D eigenvalue weighted by atomic mass is 9.78. The van der Waals surface area contributed by atoms with Gasteiger partial charge in [0.1, 0.15) is 0 Å². The van der Waals surface area contributed by atoms with Crippen LogP contribution in [0.4, 0.5) is 0 Å². The fourth-order valence-electron chi connectivity index (χ4n) is 4.01. The highest BCUT2D eigenvalue weighted by Gasteiger charge is 2.29. The van der Waals surface area contributed by atoms with E-state index in [9.17, 15) is 9.90 Å². The third kappa shape index (κ3) is 4.68. The molecule has 2 rings (SSSR count). The number of aliphatic hydroxyl groups is 1. The van der Waals surface area contributed by atoms with E-state index in [1.807, 2.05) is 0 Å². The lowest BCUT2D eigenvalue weighted by Gasteiger charge is -2.35. The minimum Gasteiger partial charge on any atom is -0.395 e. The van der Waals surface area contributed by atoms with Crippen molar-refractivity contribution < 1.29 is 9.90 Å². The van der Waals surface area contributed by atoms with Gasteiger partial charge in [-0.05, 0) is 31.1 Å². The van der Waals surface area contributed by atoms with Crippen LogP contribution in [-0.2, 0) is 4.79 Å². The van der Waals surface area contributed by atoms with Crippen molar-refractivity contribution in [2.75, 3.05) is 19.7 Å². The highest BCUT2D eigenvalue weighted by atomic mass is 16.3. The zero-order chi connectivity index (χ0) is 15.2. The minimum atomic E-state index is 0.140. The molecule has 0 aromatic carbocycles. The molecule has 0 heterocycles. The summed E-state index contributed by atoms with van der Waals surface area (Å²) in [6.45, 7) is 5.76. The first-order chi connectivity index (χ1) is 10.1. The van der Waals surface area contributed by atoms with Gasteiger partial charge in [-0.15, -0.1) is 0 Å². The first-order valence-corrected chi connectivity index (χ1v) is 8.76. The lowest BCUT2D eigenvalue weighted by molar-refractivity contribution is -0.124. The second-order valence-corrected chi connectivity index (χ2v) is 7.07. The molecule has 0 saturated heterocycles. The summed E-state index contributed by atoms with van der Waals surface area (Å²) in [5, 5.41) is 12.5. The Morgan fingerprint density at radius 2 is 1.86 bits per heavy atom. The Labute approximate surface area is 129 Å². The van der Waals surface area contributed by atoms with Gasteiger partial charge in [-0.25, -0.2) is 0 Å². The van der Waals surface area contributed by atoms with Crippen molar-refractivity contribution in [2.24, 2.45) is 11.8 Å². The zero-order valence-corrected chi connectivity index (χ0v) is 13.7. The van der Waals surface area contributed by atoms with Crippen molar-refractivity contribution in [3.8, 4) is 0 Å². The molecule has 0 aromatic rings. The van der Waals surface area contributed by atoms with Crippen LogP contribution < -0.4 is 5.32 Å². The quantitative estimate of drug-likeness (QED) is 0.790. The van der Waals surface area contributed by atoms with Crippen LogP contribution in [0.5, 0.6) is 0 Å². The van der Waals surface area contributed by atoms with Crippen LogP contribution in [0.3, 0.4) is 0 Å². The van der Waals surface area contributed by atoms with E-state index < -0.39 is 0 Å². The molecular formula is C17H32N2O2. The molecule has 122 valence electrons. The third-order valence-corrected chi connectivity index (χ3v) is 5.63. The number of nitrogens with zero attached hydrogens (tertiary/aromatic N) is 1. The van der Waals surface area contributed by atoms with Crippen LogP contribution >= 0.6 is 0 Å². The maximum absolute atomic E-state index is 12.4. The molecule has 0 spiro atoms. The highest BCUT2D eigenvalue weighted by Crippen LogP contribution is 2.29.